The summed E-state index contributed by atoms with van der Waals surface area (Å²) < 4.78 is 7.19. The zero-order valence-electron chi connectivity index (χ0n) is 13.9. The molecule has 1 fully saturated rings. The molecule has 0 N–H and O–H groups in total. The maximum absolute atomic E-state index is 12.5. The molecule has 1 aromatic heterocycles. The molecule has 1 amide bonds. The monoisotopic (exact) mass is 326 g/mol. The van der Waals surface area contributed by atoms with Crippen LogP contribution in [0.5, 0.6) is 0 Å². The van der Waals surface area contributed by atoms with Crippen molar-refractivity contribution in [3.05, 3.63) is 59.9 Å². The number of carbonyl (C=O) groups is 2. The number of nitrogens with zero attached hydrogens (tertiary/aromatic N) is 2. The van der Waals surface area contributed by atoms with E-state index in [1.54, 1.807) is 10.6 Å². The molecule has 0 radical (unpaired) electrons. The van der Waals surface area contributed by atoms with Crippen molar-refractivity contribution in [3.63, 3.8) is 0 Å². The Morgan fingerprint density at radius 1 is 1.17 bits per heavy atom. The molecule has 1 aromatic carbocycles. The average molecular weight is 326 g/mol. The first-order valence-electron chi connectivity index (χ1n) is 8.28. The van der Waals surface area contributed by atoms with Gasteiger partial charge < -0.3 is 14.2 Å². The van der Waals surface area contributed by atoms with Crippen LogP contribution in [0.25, 0.3) is 0 Å². The number of piperidine rings is 1. The number of ether oxygens (including phenoxy) is 1. The summed E-state index contributed by atoms with van der Waals surface area (Å²) in [6.45, 7) is 1.74. The minimum atomic E-state index is -0.311. The van der Waals surface area contributed by atoms with Gasteiger partial charge in [-0.25, -0.2) is 4.79 Å². The van der Waals surface area contributed by atoms with E-state index in [-0.39, 0.29) is 17.8 Å². The molecule has 5 nitrogen and oxygen atoms in total. The lowest BCUT2D eigenvalue weighted by Gasteiger charge is -2.32. The van der Waals surface area contributed by atoms with E-state index < -0.39 is 0 Å². The van der Waals surface area contributed by atoms with Gasteiger partial charge in [0, 0.05) is 37.8 Å². The van der Waals surface area contributed by atoms with E-state index in [1.807, 2.05) is 54.5 Å². The van der Waals surface area contributed by atoms with Gasteiger partial charge in [-0.1, -0.05) is 18.2 Å². The van der Waals surface area contributed by atoms with E-state index >= 15 is 0 Å². The summed E-state index contributed by atoms with van der Waals surface area (Å²) in [5.74, 6) is -0.0706. The van der Waals surface area contributed by atoms with Gasteiger partial charge in [0.05, 0.1) is 6.61 Å². The third-order valence-electron chi connectivity index (χ3n) is 4.43. The van der Waals surface area contributed by atoms with Crippen molar-refractivity contribution in [1.29, 1.82) is 0 Å². The molecule has 24 heavy (non-hydrogen) atoms. The summed E-state index contributed by atoms with van der Waals surface area (Å²) in [4.78, 5) is 26.5. The normalized spacial score (nSPS) is 17.5. The number of aromatic nitrogens is 1. The zero-order chi connectivity index (χ0) is 16.9. The Morgan fingerprint density at radius 2 is 1.96 bits per heavy atom. The van der Waals surface area contributed by atoms with E-state index in [2.05, 4.69) is 0 Å². The van der Waals surface area contributed by atoms with E-state index in [0.717, 1.165) is 19.4 Å². The first-order chi connectivity index (χ1) is 11.6. The predicted molar refractivity (Wildman–Crippen MR) is 90.8 cm³/mol. The number of benzene rings is 1. The third kappa shape index (κ3) is 3.67. The van der Waals surface area contributed by atoms with Gasteiger partial charge in [-0.3, -0.25) is 4.79 Å². The van der Waals surface area contributed by atoms with Gasteiger partial charge in [0.25, 0.3) is 5.91 Å². The minimum absolute atomic E-state index is 0.0501. The van der Waals surface area contributed by atoms with Crippen LogP contribution in [0.4, 0.5) is 0 Å². The summed E-state index contributed by atoms with van der Waals surface area (Å²) in [7, 11) is 1.82. The molecule has 0 spiro atoms. The van der Waals surface area contributed by atoms with Crippen molar-refractivity contribution in [2.45, 2.75) is 12.8 Å². The standard InChI is InChI=1S/C19H22N2O3/c1-20-11-6-10-17(20)19(23)24-14-15-7-5-12-21(13-15)18(22)16-8-3-2-4-9-16/h2-4,6,8-11,15H,5,7,12-14H2,1H3/t15-/m1/s1. The second kappa shape index (κ2) is 7.34. The molecule has 2 aromatic rings. The van der Waals surface area contributed by atoms with Crippen LogP contribution in [-0.2, 0) is 11.8 Å². The van der Waals surface area contributed by atoms with Crippen molar-refractivity contribution in [2.24, 2.45) is 13.0 Å². The molecule has 126 valence electrons. The first-order valence-corrected chi connectivity index (χ1v) is 8.28. The number of likely N-dealkylation sites (tertiary alicyclic amines) is 1. The van der Waals surface area contributed by atoms with Gasteiger partial charge in [-0.15, -0.1) is 0 Å². The van der Waals surface area contributed by atoms with Crippen LogP contribution in [0.15, 0.2) is 48.7 Å². The first kappa shape index (κ1) is 16.3. The smallest absolute Gasteiger partial charge is 0.354 e. The Balaban J connectivity index is 1.55. The van der Waals surface area contributed by atoms with E-state index in [1.165, 1.54) is 0 Å². The van der Waals surface area contributed by atoms with Crippen LogP contribution < -0.4 is 0 Å². The second-order valence-electron chi connectivity index (χ2n) is 6.23. The Morgan fingerprint density at radius 3 is 2.67 bits per heavy atom. The minimum Gasteiger partial charge on any atom is -0.461 e. The van der Waals surface area contributed by atoms with Crippen molar-refractivity contribution < 1.29 is 14.3 Å². The number of carbonyl (C=O) groups excluding carboxylic acids is 2. The fourth-order valence-corrected chi connectivity index (χ4v) is 3.09. The van der Waals surface area contributed by atoms with Crippen molar-refractivity contribution in [3.8, 4) is 0 Å². The molecule has 3 rings (SSSR count). The van der Waals surface area contributed by atoms with E-state index in [0.29, 0.717) is 24.4 Å². The lowest BCUT2D eigenvalue weighted by molar-refractivity contribution is 0.0333. The van der Waals surface area contributed by atoms with Crippen LogP contribution >= 0.6 is 0 Å². The predicted octanol–water partition coefficient (Wildman–Crippen LogP) is 2.73. The Bertz CT molecular complexity index is 708. The second-order valence-corrected chi connectivity index (χ2v) is 6.23. The van der Waals surface area contributed by atoms with Crippen molar-refractivity contribution in [1.82, 2.24) is 9.47 Å². The van der Waals surface area contributed by atoms with Crippen LogP contribution in [0.2, 0.25) is 0 Å². The molecule has 1 saturated heterocycles. The number of rotatable bonds is 4. The average Bonchev–Trinajstić information content (AvgIpc) is 3.06. The molecular formula is C19H22N2O3. The van der Waals surface area contributed by atoms with Gasteiger partial charge in [0.15, 0.2) is 0 Å². The summed E-state index contributed by atoms with van der Waals surface area (Å²) in [5.41, 5.74) is 1.25. The molecule has 5 heteroatoms. The van der Waals surface area contributed by atoms with E-state index in [9.17, 15) is 9.59 Å². The van der Waals surface area contributed by atoms with Gasteiger partial charge in [0.1, 0.15) is 5.69 Å². The highest BCUT2D eigenvalue weighted by Crippen LogP contribution is 2.19. The van der Waals surface area contributed by atoms with E-state index in [4.69, 9.17) is 4.74 Å². The maximum atomic E-state index is 12.5. The SMILES string of the molecule is Cn1cccc1C(=O)OC[C@@H]1CCCN(C(=O)c2ccccc2)C1. The molecule has 1 atom stereocenters. The fourth-order valence-electron chi connectivity index (χ4n) is 3.09. The van der Waals surface area contributed by atoms with Gasteiger partial charge in [-0.2, -0.15) is 0 Å². The highest BCUT2D eigenvalue weighted by molar-refractivity contribution is 5.94. The Labute approximate surface area is 141 Å². The largest absolute Gasteiger partial charge is 0.461 e. The van der Waals surface area contributed by atoms with Crippen LogP contribution in [0, 0.1) is 5.92 Å². The fraction of sp³-hybridized carbons (Fsp3) is 0.368. The third-order valence-corrected chi connectivity index (χ3v) is 4.43. The van der Waals surface area contributed by atoms with Crippen molar-refractivity contribution in [2.75, 3.05) is 19.7 Å². The number of aryl methyl sites for hydroxylation is 1. The zero-order valence-corrected chi connectivity index (χ0v) is 13.9. The Hall–Kier alpha value is -2.56. The summed E-state index contributed by atoms with van der Waals surface area (Å²) >= 11 is 0. The highest BCUT2D eigenvalue weighted by Gasteiger charge is 2.25. The van der Waals surface area contributed by atoms with Crippen molar-refractivity contribution >= 4 is 11.9 Å². The molecule has 0 unspecified atom stereocenters. The maximum Gasteiger partial charge on any atom is 0.354 e. The summed E-state index contributed by atoms with van der Waals surface area (Å²) in [6, 6.07) is 12.9. The van der Waals surface area contributed by atoms with Crippen LogP contribution in [-0.4, -0.2) is 41.0 Å². The lowest BCUT2D eigenvalue weighted by atomic mass is 9.98. The van der Waals surface area contributed by atoms with Crippen LogP contribution in [0.3, 0.4) is 0 Å². The molecular weight excluding hydrogens is 304 g/mol. The molecule has 0 aliphatic carbocycles. The summed E-state index contributed by atoms with van der Waals surface area (Å²) in [6.07, 6.45) is 3.72. The van der Waals surface area contributed by atoms with Gasteiger partial charge in [-0.05, 0) is 37.1 Å². The topological polar surface area (TPSA) is 51.5 Å². The number of amides is 1. The van der Waals surface area contributed by atoms with Gasteiger partial charge >= 0.3 is 5.97 Å². The Kier molecular flexibility index (Phi) is 4.99. The highest BCUT2D eigenvalue weighted by atomic mass is 16.5. The molecule has 1 aliphatic heterocycles. The summed E-state index contributed by atoms with van der Waals surface area (Å²) in [5, 5.41) is 0. The molecule has 0 saturated carbocycles. The van der Waals surface area contributed by atoms with Crippen LogP contribution in [0.1, 0.15) is 33.7 Å². The van der Waals surface area contributed by atoms with Gasteiger partial charge in [0.2, 0.25) is 0 Å². The number of hydrogen-bond acceptors (Lipinski definition) is 3. The lowest BCUT2D eigenvalue weighted by Crippen LogP contribution is -2.41. The molecule has 1 aliphatic rings. The molecule has 2 heterocycles. The quantitative estimate of drug-likeness (QED) is 0.812. The molecule has 0 bridgehead atoms. The number of hydrogen-bond donors (Lipinski definition) is 0. The number of esters is 1.